The van der Waals surface area contributed by atoms with Gasteiger partial charge in [-0.15, -0.1) is 5.54 Å². The molecule has 4 amide bonds. The fourth-order valence-corrected chi connectivity index (χ4v) is 20.5. The van der Waals surface area contributed by atoms with E-state index in [4.69, 9.17) is 28.9 Å². The minimum absolute atomic E-state index is 0.00599. The summed E-state index contributed by atoms with van der Waals surface area (Å²) in [6, 6.07) is 15.7. The standard InChI is InChI=1S/C69H89F2N9O8Si/c1-43(2)89(44(3)4,45(5)6)33-25-46-16-14-17-47-35-53(87-42-85-10)36-55(60(46)47)61-57(70)37-56-63(62(61)71)73-67(74-64(56)78-39-50-19-20-51(40-78)80(50)68(84)88-69(7,8)9)86-41-52-18-15-28-76(52)27-13-11-12-26-75-29-31-77(32-30-75)49-21-22-54-48(34-49)38-79(66(54)83)58-23-24-59(81)72-65(58)82/h14,16-17,21-22,34-37,43-45,50-52,58H,11-13,15,18-20,23-24,26-32,38-42H2,1-10H3,(H,72,81,82)/t50?,51?,52-,58-/m0/s1. The number of unbranched alkanes of at least 4 members (excludes halogenated alkanes) is 2. The monoisotopic (exact) mass is 1240 g/mol. The van der Waals surface area contributed by atoms with Crippen LogP contribution in [0.3, 0.4) is 0 Å². The van der Waals surface area contributed by atoms with Crippen LogP contribution in [0.25, 0.3) is 32.8 Å². The highest BCUT2D eigenvalue weighted by Gasteiger charge is 2.46. The maximum atomic E-state index is 18.3. The number of piperazine rings is 2. The van der Waals surface area contributed by atoms with Crippen LogP contribution < -0.4 is 24.6 Å². The molecule has 11 rings (SSSR count). The van der Waals surface area contributed by atoms with Gasteiger partial charge in [-0.3, -0.25) is 34.4 Å². The molecule has 0 aliphatic carbocycles. The number of benzene rings is 4. The van der Waals surface area contributed by atoms with E-state index in [1.54, 1.807) is 11.0 Å². The summed E-state index contributed by atoms with van der Waals surface area (Å²) >= 11 is 0. The first-order valence-corrected chi connectivity index (χ1v) is 34.6. The zero-order valence-corrected chi connectivity index (χ0v) is 54.7. The lowest BCUT2D eigenvalue weighted by Gasteiger charge is -2.42. The lowest BCUT2D eigenvalue weighted by molar-refractivity contribution is -0.136. The van der Waals surface area contributed by atoms with Gasteiger partial charge in [-0.1, -0.05) is 66.0 Å². The molecule has 5 saturated heterocycles. The summed E-state index contributed by atoms with van der Waals surface area (Å²) in [6.45, 7) is 27.0. The van der Waals surface area contributed by atoms with Gasteiger partial charge in [-0.05, 0) is 155 Å². The quantitative estimate of drug-likeness (QED) is 0.0273. The highest BCUT2D eigenvalue weighted by atomic mass is 28.3. The van der Waals surface area contributed by atoms with E-state index in [2.05, 4.69) is 79.1 Å². The molecule has 5 fully saturated rings. The Morgan fingerprint density at radius 3 is 2.24 bits per heavy atom. The first kappa shape index (κ1) is 63.6. The molecule has 17 nitrogen and oxygen atoms in total. The Kier molecular flexibility index (Phi) is 18.9. The molecule has 1 aromatic heterocycles. The Morgan fingerprint density at radius 1 is 0.809 bits per heavy atom. The first-order chi connectivity index (χ1) is 42.6. The number of halogens is 2. The highest BCUT2D eigenvalue weighted by Crippen LogP contribution is 2.45. The number of methoxy groups -OCH3 is 1. The third-order valence-corrected chi connectivity index (χ3v) is 25.9. The van der Waals surface area contributed by atoms with Crippen molar-refractivity contribution in [3.05, 3.63) is 82.9 Å². The lowest BCUT2D eigenvalue weighted by atomic mass is 9.93. The summed E-state index contributed by atoms with van der Waals surface area (Å²) in [7, 11) is -0.709. The normalized spacial score (nSPS) is 21.0. The van der Waals surface area contributed by atoms with Crippen LogP contribution in [0, 0.1) is 23.1 Å². The lowest BCUT2D eigenvalue weighted by Crippen LogP contribution is -2.57. The molecule has 6 aliphatic rings. The van der Waals surface area contributed by atoms with E-state index >= 15 is 8.78 Å². The summed E-state index contributed by atoms with van der Waals surface area (Å²) in [6.07, 6.45) is 6.85. The van der Waals surface area contributed by atoms with Crippen molar-refractivity contribution in [2.45, 2.75) is 173 Å². The van der Waals surface area contributed by atoms with Crippen LogP contribution in [0.1, 0.15) is 142 Å². The van der Waals surface area contributed by atoms with E-state index in [-0.39, 0.29) is 77.3 Å². The number of fused-ring (bicyclic) bond motifs is 5. The van der Waals surface area contributed by atoms with E-state index in [9.17, 15) is 19.2 Å². The van der Waals surface area contributed by atoms with E-state index in [0.29, 0.717) is 82.8 Å². The van der Waals surface area contributed by atoms with Gasteiger partial charge in [0.05, 0.1) is 17.6 Å². The molecular formula is C69H89F2N9O8Si. The predicted octanol–water partition coefficient (Wildman–Crippen LogP) is 11.5. The van der Waals surface area contributed by atoms with Crippen LogP contribution in [0.2, 0.25) is 16.6 Å². The molecule has 2 bridgehead atoms. The number of likely N-dealkylation sites (tertiary alicyclic amines) is 1. The number of piperidine rings is 1. The Bertz CT molecular complexity index is 3520. The van der Waals surface area contributed by atoms with E-state index in [1.165, 1.54) is 13.2 Å². The topological polar surface area (TPSA) is 162 Å². The second-order valence-electron chi connectivity index (χ2n) is 27.3. The van der Waals surface area contributed by atoms with Crippen LogP contribution in [-0.2, 0) is 25.6 Å². The summed E-state index contributed by atoms with van der Waals surface area (Å²) in [5.41, 5.74) is 7.54. The maximum Gasteiger partial charge on any atom is 0.410 e. The number of anilines is 2. The molecule has 4 atom stereocenters. The summed E-state index contributed by atoms with van der Waals surface area (Å²) < 4.78 is 59.7. The number of carbonyl (C=O) groups is 4. The fourth-order valence-electron chi connectivity index (χ4n) is 15.3. The molecule has 7 heterocycles. The van der Waals surface area contributed by atoms with Gasteiger partial charge >= 0.3 is 12.1 Å². The van der Waals surface area contributed by atoms with E-state index < -0.39 is 37.3 Å². The van der Waals surface area contributed by atoms with Crippen LogP contribution in [-0.4, -0.2) is 171 Å². The number of amides is 4. The Hall–Kier alpha value is -6.92. The molecule has 1 N–H and O–H groups in total. The second-order valence-corrected chi connectivity index (χ2v) is 32.9. The molecule has 89 heavy (non-hydrogen) atoms. The van der Waals surface area contributed by atoms with E-state index in [0.717, 1.165) is 102 Å². The smallest absolute Gasteiger partial charge is 0.410 e. The number of carbonyl (C=O) groups excluding carboxylic acids is 4. The van der Waals surface area contributed by atoms with Crippen molar-refractivity contribution >= 4 is 65.1 Å². The molecule has 4 aromatic carbocycles. The van der Waals surface area contributed by atoms with Crippen LogP contribution in [0.4, 0.5) is 25.1 Å². The molecule has 2 unspecified atom stereocenters. The number of ether oxygens (including phenoxy) is 4. The number of hydrogen-bond acceptors (Lipinski definition) is 14. The van der Waals surface area contributed by atoms with Crippen molar-refractivity contribution in [1.29, 1.82) is 0 Å². The van der Waals surface area contributed by atoms with E-state index in [1.807, 2.05) is 67.0 Å². The van der Waals surface area contributed by atoms with Gasteiger partial charge in [0.15, 0.2) is 12.6 Å². The Balaban J connectivity index is 0.803. The zero-order chi connectivity index (χ0) is 63.1. The Morgan fingerprint density at radius 2 is 1.54 bits per heavy atom. The van der Waals surface area contributed by atoms with Crippen LogP contribution in [0.15, 0.2) is 54.6 Å². The molecule has 5 aromatic rings. The number of hydrogen-bond donors (Lipinski definition) is 1. The molecular weight excluding hydrogens is 1150 g/mol. The molecule has 0 radical (unpaired) electrons. The largest absolute Gasteiger partial charge is 0.468 e. The highest BCUT2D eigenvalue weighted by molar-refractivity contribution is 6.90. The van der Waals surface area contributed by atoms with Crippen LogP contribution >= 0.6 is 0 Å². The summed E-state index contributed by atoms with van der Waals surface area (Å²) in [4.78, 5) is 74.0. The average molecular weight is 1240 g/mol. The number of imide groups is 1. The molecule has 20 heteroatoms. The average Bonchev–Trinajstić information content (AvgIpc) is 1.35. The van der Waals surface area contributed by atoms with Crippen molar-refractivity contribution in [3.8, 4) is 34.4 Å². The summed E-state index contributed by atoms with van der Waals surface area (Å²) in [5.74, 6) is 1.85. The predicted molar refractivity (Wildman–Crippen MR) is 345 cm³/mol. The van der Waals surface area contributed by atoms with Crippen molar-refractivity contribution in [2.75, 3.05) is 89.2 Å². The molecule has 476 valence electrons. The van der Waals surface area contributed by atoms with Crippen molar-refractivity contribution in [2.24, 2.45) is 0 Å². The van der Waals surface area contributed by atoms with Crippen molar-refractivity contribution in [3.63, 3.8) is 0 Å². The fraction of sp³-hybridized carbons (Fsp3) is 0.565. The van der Waals surface area contributed by atoms with Gasteiger partial charge < -0.3 is 33.6 Å². The van der Waals surface area contributed by atoms with Crippen molar-refractivity contribution in [1.82, 2.24) is 34.9 Å². The van der Waals surface area contributed by atoms with Crippen LogP contribution in [0.5, 0.6) is 11.8 Å². The zero-order valence-electron chi connectivity index (χ0n) is 53.7. The van der Waals surface area contributed by atoms with Gasteiger partial charge in [-0.25, -0.2) is 13.6 Å². The van der Waals surface area contributed by atoms with Gasteiger partial charge in [0, 0.05) is 98.5 Å². The minimum Gasteiger partial charge on any atom is -0.468 e. The summed E-state index contributed by atoms with van der Waals surface area (Å²) in [5, 5.41) is 3.92. The number of nitrogens with one attached hydrogen (secondary N) is 1. The second kappa shape index (κ2) is 26.5. The van der Waals surface area contributed by atoms with Crippen molar-refractivity contribution < 1.29 is 46.9 Å². The number of nitrogens with zero attached hydrogens (tertiary/aromatic N) is 8. The Labute approximate surface area is 524 Å². The van der Waals surface area contributed by atoms with Gasteiger partial charge in [-0.2, -0.15) is 9.97 Å². The molecule has 0 saturated carbocycles. The minimum atomic E-state index is -2.23. The molecule has 6 aliphatic heterocycles. The van der Waals surface area contributed by atoms with Gasteiger partial charge in [0.1, 0.15) is 49.2 Å². The maximum absolute atomic E-state index is 18.3. The number of rotatable bonds is 19. The van der Waals surface area contributed by atoms with Gasteiger partial charge in [0.25, 0.3) is 5.91 Å². The van der Waals surface area contributed by atoms with Gasteiger partial charge in [0.2, 0.25) is 11.8 Å². The third kappa shape index (κ3) is 13.2. The SMILES string of the molecule is COCOc1cc(-c2c(F)cc3c(N4CC5CCC(C4)N5C(=O)OC(C)(C)C)nc(OC[C@@H]4CCCN4CCCCCN4CCN(c5ccc6c(c5)CN([C@H]5CCC(=O)NC5=O)C6=O)CC4)nc3c2F)c2c(C#C[Si](C(C)C)(C(C)C)C(C)C)cccc2c1. The number of aromatic nitrogens is 2. The third-order valence-electron chi connectivity index (χ3n) is 19.6. The first-order valence-electron chi connectivity index (χ1n) is 32.4. The molecule has 0 spiro atoms.